The van der Waals surface area contributed by atoms with E-state index in [0.717, 1.165) is 11.4 Å². The monoisotopic (exact) mass is 958 g/mol. The summed E-state index contributed by atoms with van der Waals surface area (Å²) in [6.45, 7) is 9.13. The molecule has 0 saturated heterocycles. The summed E-state index contributed by atoms with van der Waals surface area (Å²) in [6, 6.07) is 70.4. The number of anilines is 6. The van der Waals surface area contributed by atoms with Crippen LogP contribution in [0.5, 0.6) is 0 Å². The van der Waals surface area contributed by atoms with Crippen molar-refractivity contribution < 1.29 is 0 Å². The second-order valence-corrected chi connectivity index (χ2v) is 22.6. The first kappa shape index (κ1) is 43.7. The van der Waals surface area contributed by atoms with Crippen molar-refractivity contribution >= 4 is 110 Å². The molecule has 0 unspecified atom stereocenters. The molecule has 0 amide bonds. The van der Waals surface area contributed by atoms with Crippen molar-refractivity contribution in [2.24, 2.45) is 0 Å². The Morgan fingerprint density at radius 1 is 0.351 bits per heavy atom. The van der Waals surface area contributed by atoms with Crippen LogP contribution in [-0.2, 0) is 0 Å². The maximum atomic E-state index is 2.63. The molecule has 0 bridgehead atoms. The summed E-state index contributed by atoms with van der Waals surface area (Å²) in [5.74, 6) is 2.14. The van der Waals surface area contributed by atoms with E-state index in [0.29, 0.717) is 23.7 Å². The topological polar surface area (TPSA) is 15.3 Å². The van der Waals surface area contributed by atoms with Crippen LogP contribution in [0.25, 0.3) is 76.2 Å². The first-order chi connectivity index (χ1) is 36.4. The van der Waals surface area contributed by atoms with E-state index in [2.05, 4.69) is 228 Å². The third-order valence-electron chi connectivity index (χ3n) is 17.8. The van der Waals surface area contributed by atoms with E-state index in [1.807, 2.05) is 0 Å². The van der Waals surface area contributed by atoms with Gasteiger partial charge in [-0.2, -0.15) is 0 Å². The lowest BCUT2D eigenvalue weighted by atomic mass is 9.95. The zero-order valence-corrected chi connectivity index (χ0v) is 43.1. The molecule has 0 aliphatic heterocycles. The zero-order chi connectivity index (χ0) is 49.3. The van der Waals surface area contributed by atoms with Crippen LogP contribution < -0.4 is 9.80 Å². The van der Waals surface area contributed by atoms with E-state index in [-0.39, 0.29) is 0 Å². The number of nitrogens with zero attached hydrogens (tertiary/aromatic N) is 4. The first-order valence-corrected chi connectivity index (χ1v) is 27.7. The smallest absolute Gasteiger partial charge is 0.0641 e. The van der Waals surface area contributed by atoms with Gasteiger partial charge in [-0.15, -0.1) is 0 Å². The van der Waals surface area contributed by atoms with E-state index < -0.39 is 0 Å². The highest BCUT2D eigenvalue weighted by Gasteiger charge is 2.30. The number of para-hydroxylation sites is 2. The molecule has 74 heavy (non-hydrogen) atoms. The standard InChI is InChI=1S/C70H62N4/c1-43(2)45-23-29-53(30-24-45)71(51-19-7-5-8-20-51)63-37-33-55-57-41-66-58(42-65(57)73-61-35-27-49(47-15-11-12-16-47)39-59(61)67(63)69(55)73)56-34-38-64(72(52-21-9-6-10-22-52)54-31-25-46(26-32-54)44(3)4)68-60-40-50(48-17-13-14-18-48)28-36-62(60)74(66)70(56)68/h5-10,19-44,47-48H,11-18H2,1-4H3. The van der Waals surface area contributed by atoms with Gasteiger partial charge in [0.25, 0.3) is 0 Å². The third-order valence-corrected chi connectivity index (χ3v) is 17.8. The van der Waals surface area contributed by atoms with Gasteiger partial charge in [0.1, 0.15) is 0 Å². The molecule has 0 spiro atoms. The molecule has 0 N–H and O–H groups in total. The molecular weight excluding hydrogens is 897 g/mol. The van der Waals surface area contributed by atoms with Crippen molar-refractivity contribution in [3.8, 4) is 0 Å². The minimum Gasteiger partial charge on any atom is -0.310 e. The van der Waals surface area contributed by atoms with Gasteiger partial charge in [-0.3, -0.25) is 0 Å². The molecule has 2 fully saturated rings. The minimum absolute atomic E-state index is 0.460. The largest absolute Gasteiger partial charge is 0.310 e. The first-order valence-electron chi connectivity index (χ1n) is 27.7. The molecule has 4 heteroatoms. The molecule has 2 aliphatic carbocycles. The van der Waals surface area contributed by atoms with E-state index in [1.165, 1.54) is 173 Å². The molecular formula is C70H62N4. The van der Waals surface area contributed by atoms with Gasteiger partial charge in [0, 0.05) is 65.8 Å². The Kier molecular flexibility index (Phi) is 9.97. The fraction of sp³-hybridized carbons (Fsp3) is 0.229. The van der Waals surface area contributed by atoms with Gasteiger partial charge < -0.3 is 18.6 Å². The molecule has 0 atom stereocenters. The predicted octanol–water partition coefficient (Wildman–Crippen LogP) is 20.5. The number of aromatic nitrogens is 2. The molecule has 15 rings (SSSR count). The predicted molar refractivity (Wildman–Crippen MR) is 316 cm³/mol. The van der Waals surface area contributed by atoms with Crippen LogP contribution in [0.3, 0.4) is 0 Å². The van der Waals surface area contributed by atoms with E-state index in [1.54, 1.807) is 0 Å². The van der Waals surface area contributed by atoms with Gasteiger partial charge in [0.05, 0.1) is 44.5 Å². The number of rotatable bonds is 10. The SMILES string of the molecule is CC(C)c1ccc(N(c2ccccc2)c2ccc3c4cc5c(cc4n4c6ccc(C7CCCC7)cc6c2c34)c2ccc(N(c3ccccc3)c3ccc(C(C)C)cc3)c3c4cc(C6CCCC6)ccc4n5c23)cc1. The Hall–Kier alpha value is -7.82. The minimum atomic E-state index is 0.460. The molecule has 362 valence electrons. The van der Waals surface area contributed by atoms with Gasteiger partial charge in [0.2, 0.25) is 0 Å². The lowest BCUT2D eigenvalue weighted by Crippen LogP contribution is -2.10. The summed E-state index contributed by atoms with van der Waals surface area (Å²) in [7, 11) is 0. The van der Waals surface area contributed by atoms with Gasteiger partial charge >= 0.3 is 0 Å². The zero-order valence-electron chi connectivity index (χ0n) is 43.1. The molecule has 9 aromatic carbocycles. The molecule has 13 aromatic rings. The number of benzene rings is 9. The quantitative estimate of drug-likeness (QED) is 0.136. The Morgan fingerprint density at radius 2 is 0.730 bits per heavy atom. The highest BCUT2D eigenvalue weighted by atomic mass is 15.2. The number of hydrogen-bond acceptors (Lipinski definition) is 2. The second-order valence-electron chi connectivity index (χ2n) is 22.6. The average Bonchev–Trinajstić information content (AvgIpc) is 4.33. The van der Waals surface area contributed by atoms with Crippen LogP contribution >= 0.6 is 0 Å². The lowest BCUT2D eigenvalue weighted by Gasteiger charge is -2.27. The molecule has 2 aliphatic rings. The van der Waals surface area contributed by atoms with Gasteiger partial charge in [0.15, 0.2) is 0 Å². The lowest BCUT2D eigenvalue weighted by molar-refractivity contribution is 0.724. The maximum Gasteiger partial charge on any atom is 0.0641 e. The van der Waals surface area contributed by atoms with E-state index in [4.69, 9.17) is 0 Å². The molecule has 0 radical (unpaired) electrons. The highest BCUT2D eigenvalue weighted by molar-refractivity contribution is 6.32. The number of fused-ring (bicyclic) bond motifs is 12. The Morgan fingerprint density at radius 3 is 1.11 bits per heavy atom. The van der Waals surface area contributed by atoms with E-state index in [9.17, 15) is 0 Å². The molecule has 4 nitrogen and oxygen atoms in total. The normalized spacial score (nSPS) is 15.0. The summed E-state index contributed by atoms with van der Waals surface area (Å²) in [4.78, 5) is 5.01. The fourth-order valence-electron chi connectivity index (χ4n) is 14.0. The third kappa shape index (κ3) is 6.52. The van der Waals surface area contributed by atoms with Crippen molar-refractivity contribution in [1.82, 2.24) is 8.80 Å². The summed E-state index contributed by atoms with van der Waals surface area (Å²) < 4.78 is 5.26. The van der Waals surface area contributed by atoms with Gasteiger partial charge in [-0.1, -0.05) is 138 Å². The summed E-state index contributed by atoms with van der Waals surface area (Å²) in [6.07, 6.45) is 10.3. The summed E-state index contributed by atoms with van der Waals surface area (Å²) in [5.41, 5.74) is 20.5. The number of hydrogen-bond donors (Lipinski definition) is 0. The average molecular weight is 959 g/mol. The molecule has 4 heterocycles. The fourth-order valence-corrected chi connectivity index (χ4v) is 14.0. The maximum absolute atomic E-state index is 2.63. The van der Waals surface area contributed by atoms with Gasteiger partial charge in [-0.25, -0.2) is 0 Å². The van der Waals surface area contributed by atoms with Crippen LogP contribution in [0, 0.1) is 0 Å². The van der Waals surface area contributed by atoms with Crippen LogP contribution in [0.4, 0.5) is 34.1 Å². The Balaban J connectivity index is 1.03. The van der Waals surface area contributed by atoms with Crippen LogP contribution in [0.15, 0.2) is 182 Å². The van der Waals surface area contributed by atoms with Crippen LogP contribution in [-0.4, -0.2) is 8.80 Å². The van der Waals surface area contributed by atoms with Gasteiger partial charge in [-0.05, 0) is 169 Å². The molecule has 2 saturated carbocycles. The highest BCUT2D eigenvalue weighted by Crippen LogP contribution is 2.52. The Bertz CT molecular complexity index is 3960. The van der Waals surface area contributed by atoms with Crippen LogP contribution in [0.1, 0.15) is 125 Å². The van der Waals surface area contributed by atoms with Crippen molar-refractivity contribution in [3.05, 3.63) is 204 Å². The van der Waals surface area contributed by atoms with Crippen molar-refractivity contribution in [2.75, 3.05) is 9.80 Å². The van der Waals surface area contributed by atoms with E-state index >= 15 is 0 Å². The summed E-state index contributed by atoms with van der Waals surface area (Å²) in [5, 5.41) is 10.5. The second kappa shape index (κ2) is 16.9. The van der Waals surface area contributed by atoms with Crippen molar-refractivity contribution in [1.29, 1.82) is 0 Å². The van der Waals surface area contributed by atoms with Crippen LogP contribution in [0.2, 0.25) is 0 Å². The van der Waals surface area contributed by atoms with Crippen molar-refractivity contribution in [2.45, 2.75) is 103 Å². The summed E-state index contributed by atoms with van der Waals surface area (Å²) >= 11 is 0. The molecule has 4 aromatic heterocycles. The van der Waals surface area contributed by atoms with Crippen molar-refractivity contribution in [3.63, 3.8) is 0 Å². The Labute approximate surface area is 433 Å².